The van der Waals surface area contributed by atoms with Crippen LogP contribution >= 0.6 is 11.6 Å². The monoisotopic (exact) mass is 503 g/mol. The first-order valence-electron chi connectivity index (χ1n) is 12.6. The number of hydrogen-bond donors (Lipinski definition) is 1. The van der Waals surface area contributed by atoms with Gasteiger partial charge in [-0.15, -0.1) is 0 Å². The van der Waals surface area contributed by atoms with E-state index in [9.17, 15) is 4.79 Å². The normalized spacial score (nSPS) is 11.1. The fourth-order valence-electron chi connectivity index (χ4n) is 4.29. The molecule has 188 valence electrons. The number of para-hydroxylation sites is 2. The van der Waals surface area contributed by atoms with E-state index in [1.807, 2.05) is 36.4 Å². The van der Waals surface area contributed by atoms with E-state index in [1.54, 1.807) is 0 Å². The molecule has 36 heavy (non-hydrogen) atoms. The van der Waals surface area contributed by atoms with Gasteiger partial charge in [0.05, 0.1) is 24.0 Å². The second-order valence-corrected chi connectivity index (χ2v) is 9.66. The molecule has 0 atom stereocenters. The Morgan fingerprint density at radius 2 is 1.78 bits per heavy atom. The molecule has 1 N–H and O–H groups in total. The van der Waals surface area contributed by atoms with Gasteiger partial charge in [0.1, 0.15) is 18.2 Å². The van der Waals surface area contributed by atoms with Crippen molar-refractivity contribution in [2.75, 3.05) is 13.2 Å². The van der Waals surface area contributed by atoms with Crippen LogP contribution in [-0.4, -0.2) is 28.6 Å². The van der Waals surface area contributed by atoms with E-state index in [0.717, 1.165) is 60.4 Å². The largest absolute Gasteiger partial charge is 0.492 e. The van der Waals surface area contributed by atoms with Crippen molar-refractivity contribution in [2.24, 2.45) is 0 Å². The van der Waals surface area contributed by atoms with Crippen LogP contribution in [0, 0.1) is 13.8 Å². The van der Waals surface area contributed by atoms with Crippen LogP contribution in [0.3, 0.4) is 0 Å². The van der Waals surface area contributed by atoms with Crippen LogP contribution in [-0.2, 0) is 24.2 Å². The number of ether oxygens (including phenoxy) is 1. The molecule has 0 radical (unpaired) electrons. The third kappa shape index (κ3) is 7.11. The fraction of sp³-hybridized carbons (Fsp3) is 0.333. The Morgan fingerprint density at radius 1 is 0.972 bits per heavy atom. The number of nitrogens with one attached hydrogen (secondary N) is 1. The Morgan fingerprint density at radius 3 is 2.58 bits per heavy atom. The van der Waals surface area contributed by atoms with Crippen LogP contribution in [0.4, 0.5) is 0 Å². The van der Waals surface area contributed by atoms with E-state index in [1.165, 1.54) is 11.1 Å². The predicted molar refractivity (Wildman–Crippen MR) is 147 cm³/mol. The molecule has 4 rings (SSSR count). The Bertz CT molecular complexity index is 1300. The number of carbonyl (C=O) groups is 1. The van der Waals surface area contributed by atoms with Crippen LogP contribution < -0.4 is 10.1 Å². The number of imidazole rings is 1. The number of benzene rings is 3. The lowest BCUT2D eigenvalue weighted by atomic mass is 10.1. The van der Waals surface area contributed by atoms with Gasteiger partial charge in [-0.2, -0.15) is 0 Å². The van der Waals surface area contributed by atoms with Gasteiger partial charge in [-0.25, -0.2) is 4.98 Å². The van der Waals surface area contributed by atoms with Gasteiger partial charge in [-0.3, -0.25) is 4.79 Å². The zero-order valence-corrected chi connectivity index (χ0v) is 21.9. The predicted octanol–water partition coefficient (Wildman–Crippen LogP) is 6.46. The number of carbonyl (C=O) groups excluding carboxylic acids is 1. The minimum absolute atomic E-state index is 0.0443. The van der Waals surface area contributed by atoms with Crippen molar-refractivity contribution in [3.63, 3.8) is 0 Å². The summed E-state index contributed by atoms with van der Waals surface area (Å²) in [6.07, 6.45) is 4.28. The van der Waals surface area contributed by atoms with E-state index in [4.69, 9.17) is 21.3 Å². The highest BCUT2D eigenvalue weighted by molar-refractivity contribution is 6.30. The lowest BCUT2D eigenvalue weighted by Gasteiger charge is -2.12. The zero-order valence-electron chi connectivity index (χ0n) is 21.1. The molecular weight excluding hydrogens is 470 g/mol. The molecule has 6 heteroatoms. The summed E-state index contributed by atoms with van der Waals surface area (Å²) in [6.45, 7) is 6.25. The van der Waals surface area contributed by atoms with E-state index in [0.29, 0.717) is 24.6 Å². The minimum Gasteiger partial charge on any atom is -0.492 e. The first-order valence-corrected chi connectivity index (χ1v) is 13.0. The van der Waals surface area contributed by atoms with Crippen molar-refractivity contribution in [1.29, 1.82) is 0 Å². The number of hydrogen-bond acceptors (Lipinski definition) is 3. The highest BCUT2D eigenvalue weighted by Gasteiger charge is 2.11. The molecule has 3 aromatic carbocycles. The SMILES string of the molecule is Cc1ccc(OCCn2c(CCCCCNC(=O)Cc3ccc(Cl)cc3)nc3ccccc32)cc1C. The third-order valence-electron chi connectivity index (χ3n) is 6.47. The summed E-state index contributed by atoms with van der Waals surface area (Å²) in [5.41, 5.74) is 5.64. The number of aromatic nitrogens is 2. The molecule has 1 amide bonds. The second kappa shape index (κ2) is 12.6. The van der Waals surface area contributed by atoms with E-state index in [2.05, 4.69) is 54.1 Å². The van der Waals surface area contributed by atoms with Crippen LogP contribution in [0.2, 0.25) is 5.02 Å². The zero-order chi connectivity index (χ0) is 25.3. The lowest BCUT2D eigenvalue weighted by Crippen LogP contribution is -2.26. The molecule has 0 unspecified atom stereocenters. The smallest absolute Gasteiger partial charge is 0.224 e. The molecule has 0 aliphatic carbocycles. The maximum absolute atomic E-state index is 12.2. The van der Waals surface area contributed by atoms with Crippen molar-refractivity contribution < 1.29 is 9.53 Å². The number of unbranched alkanes of at least 4 members (excludes halogenated alkanes) is 2. The molecule has 0 spiro atoms. The summed E-state index contributed by atoms with van der Waals surface area (Å²) in [4.78, 5) is 17.1. The van der Waals surface area contributed by atoms with Crippen molar-refractivity contribution >= 4 is 28.5 Å². The molecular formula is C30H34ClN3O2. The van der Waals surface area contributed by atoms with Crippen LogP contribution in [0.15, 0.2) is 66.7 Å². The molecule has 5 nitrogen and oxygen atoms in total. The average molecular weight is 504 g/mol. The van der Waals surface area contributed by atoms with Crippen molar-refractivity contribution in [2.45, 2.75) is 52.5 Å². The Balaban J connectivity index is 1.24. The topological polar surface area (TPSA) is 56.1 Å². The number of rotatable bonds is 12. The van der Waals surface area contributed by atoms with Gasteiger partial charge >= 0.3 is 0 Å². The van der Waals surface area contributed by atoms with Crippen molar-refractivity contribution in [3.8, 4) is 5.75 Å². The number of halogens is 1. The van der Waals surface area contributed by atoms with Crippen molar-refractivity contribution in [3.05, 3.63) is 94.3 Å². The summed E-state index contributed by atoms with van der Waals surface area (Å²) >= 11 is 5.90. The Hall–Kier alpha value is -3.31. The number of nitrogens with zero attached hydrogens (tertiary/aromatic N) is 2. The van der Waals surface area contributed by atoms with Gasteiger partial charge in [0.15, 0.2) is 0 Å². The number of fused-ring (bicyclic) bond motifs is 1. The van der Waals surface area contributed by atoms with Gasteiger partial charge in [0.2, 0.25) is 5.91 Å². The van der Waals surface area contributed by atoms with Gasteiger partial charge in [0.25, 0.3) is 0 Å². The molecule has 0 fully saturated rings. The summed E-state index contributed by atoms with van der Waals surface area (Å²) in [5, 5.41) is 3.70. The van der Waals surface area contributed by atoms with Gasteiger partial charge in [-0.05, 0) is 79.8 Å². The third-order valence-corrected chi connectivity index (χ3v) is 6.72. The van der Waals surface area contributed by atoms with Crippen LogP contribution in [0.5, 0.6) is 5.75 Å². The van der Waals surface area contributed by atoms with Gasteiger partial charge in [0, 0.05) is 18.0 Å². The minimum atomic E-state index is 0.0443. The maximum Gasteiger partial charge on any atom is 0.224 e. The van der Waals surface area contributed by atoms with Gasteiger partial charge < -0.3 is 14.6 Å². The first-order chi connectivity index (χ1) is 17.5. The Kier molecular flexibility index (Phi) is 9.01. The molecule has 4 aromatic rings. The fourth-order valence-corrected chi connectivity index (χ4v) is 4.41. The highest BCUT2D eigenvalue weighted by atomic mass is 35.5. The summed E-state index contributed by atoms with van der Waals surface area (Å²) in [6, 6.07) is 21.9. The summed E-state index contributed by atoms with van der Waals surface area (Å²) in [5.74, 6) is 2.04. The number of amides is 1. The first kappa shape index (κ1) is 25.8. The maximum atomic E-state index is 12.2. The molecule has 1 heterocycles. The standard InChI is InChI=1S/C30H34ClN3O2/c1-22-11-16-26(20-23(22)2)36-19-18-34-28-9-6-5-8-27(28)33-29(34)10-4-3-7-17-32-30(35)21-24-12-14-25(31)15-13-24/h5-6,8-9,11-16,20H,3-4,7,10,17-19,21H2,1-2H3,(H,32,35). The molecule has 0 saturated heterocycles. The van der Waals surface area contributed by atoms with Crippen LogP contribution in [0.1, 0.15) is 41.8 Å². The lowest BCUT2D eigenvalue weighted by molar-refractivity contribution is -0.120. The molecule has 0 bridgehead atoms. The quantitative estimate of drug-likeness (QED) is 0.226. The molecule has 1 aromatic heterocycles. The van der Waals surface area contributed by atoms with E-state index < -0.39 is 0 Å². The molecule has 0 saturated carbocycles. The number of aryl methyl sites for hydroxylation is 3. The average Bonchev–Trinajstić information content (AvgIpc) is 3.22. The molecule has 0 aliphatic heterocycles. The van der Waals surface area contributed by atoms with E-state index in [-0.39, 0.29) is 5.91 Å². The molecule has 0 aliphatic rings. The van der Waals surface area contributed by atoms with E-state index >= 15 is 0 Å². The van der Waals surface area contributed by atoms with Crippen molar-refractivity contribution in [1.82, 2.24) is 14.9 Å². The van der Waals surface area contributed by atoms with Crippen LogP contribution in [0.25, 0.3) is 11.0 Å². The summed E-state index contributed by atoms with van der Waals surface area (Å²) in [7, 11) is 0. The van der Waals surface area contributed by atoms with Gasteiger partial charge in [-0.1, -0.05) is 48.4 Å². The Labute approximate surface area is 218 Å². The summed E-state index contributed by atoms with van der Waals surface area (Å²) < 4.78 is 8.33. The second-order valence-electron chi connectivity index (χ2n) is 9.23. The highest BCUT2D eigenvalue weighted by Crippen LogP contribution is 2.20.